The van der Waals surface area contributed by atoms with Crippen LogP contribution in [-0.2, 0) is 14.3 Å². The molecule has 1 fully saturated rings. The molecule has 18 heavy (non-hydrogen) atoms. The van der Waals surface area contributed by atoms with Crippen molar-refractivity contribution in [1.82, 2.24) is 4.90 Å². The summed E-state index contributed by atoms with van der Waals surface area (Å²) in [7, 11) is 1.59. The number of hydrogen-bond donors (Lipinski definition) is 1. The highest BCUT2D eigenvalue weighted by Gasteiger charge is 2.35. The maximum absolute atomic E-state index is 12.0. The Morgan fingerprint density at radius 3 is 2.72 bits per heavy atom. The molecule has 0 aromatic carbocycles. The van der Waals surface area contributed by atoms with Crippen LogP contribution in [-0.4, -0.2) is 48.2 Å². The van der Waals surface area contributed by atoms with E-state index < -0.39 is 12.0 Å². The summed E-state index contributed by atoms with van der Waals surface area (Å²) in [5.41, 5.74) is 0. The molecule has 0 aromatic rings. The van der Waals surface area contributed by atoms with Crippen LogP contribution < -0.4 is 0 Å². The minimum absolute atomic E-state index is 0.0611. The average Bonchev–Trinajstić information content (AvgIpc) is 2.38. The van der Waals surface area contributed by atoms with Crippen LogP contribution in [0.25, 0.3) is 0 Å². The van der Waals surface area contributed by atoms with Gasteiger partial charge in [-0.15, -0.1) is 0 Å². The van der Waals surface area contributed by atoms with E-state index >= 15 is 0 Å². The summed E-state index contributed by atoms with van der Waals surface area (Å²) in [5.74, 6) is -0.517. The molecule has 1 aliphatic heterocycles. The zero-order valence-corrected chi connectivity index (χ0v) is 11.2. The van der Waals surface area contributed by atoms with Crippen LogP contribution in [0.4, 0.5) is 0 Å². The van der Waals surface area contributed by atoms with Crippen LogP contribution in [0.3, 0.4) is 0 Å². The second kappa shape index (κ2) is 7.36. The third kappa shape index (κ3) is 3.98. The molecule has 0 radical (unpaired) electrons. The number of rotatable bonds is 6. The molecule has 1 heterocycles. The molecule has 0 saturated carbocycles. The number of ether oxygens (including phenoxy) is 1. The fraction of sp³-hybridized carbons (Fsp3) is 0.846. The second-order valence-corrected chi connectivity index (χ2v) is 4.84. The van der Waals surface area contributed by atoms with Gasteiger partial charge in [-0.25, -0.2) is 4.79 Å². The fourth-order valence-electron chi connectivity index (χ4n) is 2.45. The van der Waals surface area contributed by atoms with E-state index in [2.05, 4.69) is 6.92 Å². The van der Waals surface area contributed by atoms with Crippen LogP contribution in [0.2, 0.25) is 0 Å². The van der Waals surface area contributed by atoms with Gasteiger partial charge in [0, 0.05) is 26.7 Å². The average molecular weight is 257 g/mol. The van der Waals surface area contributed by atoms with E-state index in [-0.39, 0.29) is 5.91 Å². The fourth-order valence-corrected chi connectivity index (χ4v) is 2.45. The molecular formula is C13H23NO4. The monoisotopic (exact) mass is 257 g/mol. The maximum atomic E-state index is 12.0. The number of carbonyl (C=O) groups excluding carboxylic acids is 1. The van der Waals surface area contributed by atoms with Crippen LogP contribution in [0.1, 0.15) is 39.0 Å². The van der Waals surface area contributed by atoms with E-state index in [1.165, 1.54) is 4.90 Å². The SMILES string of the molecule is CCC1CCN(C(=O)CCCOC)C(C(=O)O)C1. The summed E-state index contributed by atoms with van der Waals surface area (Å²) in [6.45, 7) is 3.18. The van der Waals surface area contributed by atoms with Crippen LogP contribution in [0.15, 0.2) is 0 Å². The molecule has 1 N–H and O–H groups in total. The third-order valence-corrected chi connectivity index (χ3v) is 3.63. The van der Waals surface area contributed by atoms with Gasteiger partial charge < -0.3 is 14.7 Å². The summed E-state index contributed by atoms with van der Waals surface area (Å²) in [6.07, 6.45) is 3.50. The van der Waals surface area contributed by atoms with Crippen molar-refractivity contribution in [3.63, 3.8) is 0 Å². The van der Waals surface area contributed by atoms with Gasteiger partial charge in [-0.3, -0.25) is 4.79 Å². The second-order valence-electron chi connectivity index (χ2n) is 4.84. The Morgan fingerprint density at radius 2 is 2.17 bits per heavy atom. The minimum Gasteiger partial charge on any atom is -0.480 e. The number of hydrogen-bond acceptors (Lipinski definition) is 3. The summed E-state index contributed by atoms with van der Waals surface area (Å²) < 4.78 is 4.90. The number of aliphatic carboxylic acids is 1. The van der Waals surface area contributed by atoms with Gasteiger partial charge in [0.1, 0.15) is 6.04 Å². The van der Waals surface area contributed by atoms with Gasteiger partial charge in [-0.05, 0) is 25.2 Å². The van der Waals surface area contributed by atoms with Crippen LogP contribution in [0.5, 0.6) is 0 Å². The van der Waals surface area contributed by atoms with Crippen molar-refractivity contribution >= 4 is 11.9 Å². The van der Waals surface area contributed by atoms with Gasteiger partial charge in [0.15, 0.2) is 0 Å². The number of piperidine rings is 1. The number of amides is 1. The number of carboxylic acid groups (broad SMARTS) is 1. The summed E-state index contributed by atoms with van der Waals surface area (Å²) in [6, 6.07) is -0.640. The van der Waals surface area contributed by atoms with E-state index in [0.717, 1.165) is 12.8 Å². The topological polar surface area (TPSA) is 66.8 Å². The summed E-state index contributed by atoms with van der Waals surface area (Å²) >= 11 is 0. The lowest BCUT2D eigenvalue weighted by molar-refractivity contribution is -0.153. The standard InChI is InChI=1S/C13H23NO4/c1-3-10-6-7-14(11(9-10)13(16)17)12(15)5-4-8-18-2/h10-11H,3-9H2,1-2H3,(H,16,17). The lowest BCUT2D eigenvalue weighted by atomic mass is 9.88. The Bertz CT molecular complexity index is 293. The lowest BCUT2D eigenvalue weighted by Crippen LogP contribution is -2.50. The van der Waals surface area contributed by atoms with Gasteiger partial charge in [0.2, 0.25) is 5.91 Å². The summed E-state index contributed by atoms with van der Waals surface area (Å²) in [5, 5.41) is 9.22. The molecule has 104 valence electrons. The van der Waals surface area contributed by atoms with Crippen molar-refractivity contribution in [1.29, 1.82) is 0 Å². The highest BCUT2D eigenvalue weighted by atomic mass is 16.5. The highest BCUT2D eigenvalue weighted by molar-refractivity contribution is 5.83. The van der Waals surface area contributed by atoms with Crippen molar-refractivity contribution in [3.05, 3.63) is 0 Å². The Kier molecular flexibility index (Phi) is 6.12. The van der Waals surface area contributed by atoms with Crippen LogP contribution >= 0.6 is 0 Å². The number of carboxylic acids is 1. The van der Waals surface area contributed by atoms with Gasteiger partial charge in [-0.2, -0.15) is 0 Å². The van der Waals surface area contributed by atoms with E-state index in [1.54, 1.807) is 7.11 Å². The molecular weight excluding hydrogens is 234 g/mol. The molecule has 0 bridgehead atoms. The number of methoxy groups -OCH3 is 1. The molecule has 2 atom stereocenters. The van der Waals surface area contributed by atoms with Gasteiger partial charge >= 0.3 is 5.97 Å². The third-order valence-electron chi connectivity index (χ3n) is 3.63. The van der Waals surface area contributed by atoms with Crippen molar-refractivity contribution in [3.8, 4) is 0 Å². The Morgan fingerprint density at radius 1 is 1.44 bits per heavy atom. The zero-order valence-electron chi connectivity index (χ0n) is 11.2. The van der Waals surface area contributed by atoms with Gasteiger partial charge in [-0.1, -0.05) is 13.3 Å². The largest absolute Gasteiger partial charge is 0.480 e. The minimum atomic E-state index is -0.881. The first-order valence-electron chi connectivity index (χ1n) is 6.61. The molecule has 1 saturated heterocycles. The van der Waals surface area contributed by atoms with Crippen molar-refractivity contribution < 1.29 is 19.4 Å². The first-order chi connectivity index (χ1) is 8.60. The van der Waals surface area contributed by atoms with Crippen molar-refractivity contribution in [2.45, 2.75) is 45.1 Å². The van der Waals surface area contributed by atoms with Crippen LogP contribution in [0, 0.1) is 5.92 Å². The lowest BCUT2D eigenvalue weighted by Gasteiger charge is -2.37. The molecule has 5 nitrogen and oxygen atoms in total. The Labute approximate surface area is 108 Å². The van der Waals surface area contributed by atoms with E-state index in [0.29, 0.717) is 38.3 Å². The normalized spacial score (nSPS) is 24.0. The number of nitrogens with zero attached hydrogens (tertiary/aromatic N) is 1. The zero-order chi connectivity index (χ0) is 13.5. The Balaban J connectivity index is 2.56. The Hall–Kier alpha value is -1.10. The first kappa shape index (κ1) is 15.0. The van der Waals surface area contributed by atoms with Crippen molar-refractivity contribution in [2.24, 2.45) is 5.92 Å². The predicted molar refractivity (Wildman–Crippen MR) is 67.3 cm³/mol. The molecule has 2 unspecified atom stereocenters. The molecule has 1 rings (SSSR count). The molecule has 1 amide bonds. The van der Waals surface area contributed by atoms with E-state index in [1.807, 2.05) is 0 Å². The maximum Gasteiger partial charge on any atom is 0.326 e. The molecule has 0 aromatic heterocycles. The number of likely N-dealkylation sites (tertiary alicyclic amines) is 1. The quantitative estimate of drug-likeness (QED) is 0.732. The first-order valence-corrected chi connectivity index (χ1v) is 6.61. The van der Waals surface area contributed by atoms with Gasteiger partial charge in [0.25, 0.3) is 0 Å². The van der Waals surface area contributed by atoms with Gasteiger partial charge in [0.05, 0.1) is 0 Å². The smallest absolute Gasteiger partial charge is 0.326 e. The summed E-state index contributed by atoms with van der Waals surface area (Å²) in [4.78, 5) is 24.8. The molecule has 1 aliphatic rings. The molecule has 0 aliphatic carbocycles. The predicted octanol–water partition coefficient (Wildman–Crippen LogP) is 1.51. The van der Waals surface area contributed by atoms with E-state index in [9.17, 15) is 14.7 Å². The molecule has 5 heteroatoms. The highest BCUT2D eigenvalue weighted by Crippen LogP contribution is 2.26. The number of carbonyl (C=O) groups is 2. The van der Waals surface area contributed by atoms with E-state index in [4.69, 9.17) is 4.74 Å². The van der Waals surface area contributed by atoms with Crippen molar-refractivity contribution in [2.75, 3.05) is 20.3 Å². The molecule has 0 spiro atoms.